The van der Waals surface area contributed by atoms with Gasteiger partial charge in [0.05, 0.1) is 18.4 Å². The summed E-state index contributed by atoms with van der Waals surface area (Å²) in [5, 5.41) is 18.6. The average molecular weight is 269 g/mol. The SMILES string of the molecule is N#Cc1[nH]ncc1-c1nc(CCOCC(F)F)no1. The van der Waals surface area contributed by atoms with Crippen LogP contribution in [0.2, 0.25) is 0 Å². The van der Waals surface area contributed by atoms with E-state index >= 15 is 0 Å². The van der Waals surface area contributed by atoms with Crippen molar-refractivity contribution in [3.05, 3.63) is 17.7 Å². The van der Waals surface area contributed by atoms with Crippen molar-refractivity contribution in [3.63, 3.8) is 0 Å². The maximum absolute atomic E-state index is 11.8. The molecule has 2 aromatic rings. The summed E-state index contributed by atoms with van der Waals surface area (Å²) in [7, 11) is 0. The predicted molar refractivity (Wildman–Crippen MR) is 57.1 cm³/mol. The van der Waals surface area contributed by atoms with Crippen molar-refractivity contribution in [2.24, 2.45) is 0 Å². The largest absolute Gasteiger partial charge is 0.375 e. The van der Waals surface area contributed by atoms with Crippen LogP contribution in [0.1, 0.15) is 11.5 Å². The molecular weight excluding hydrogens is 260 g/mol. The lowest BCUT2D eigenvalue weighted by Gasteiger charge is -1.99. The Hall–Kier alpha value is -2.34. The van der Waals surface area contributed by atoms with Gasteiger partial charge in [-0.1, -0.05) is 5.16 Å². The molecule has 0 aromatic carbocycles. The Bertz CT molecular complexity index is 574. The molecule has 0 spiro atoms. The summed E-state index contributed by atoms with van der Waals surface area (Å²) in [6.07, 6.45) is -0.857. The fraction of sp³-hybridized carbons (Fsp3) is 0.400. The fourth-order valence-corrected chi connectivity index (χ4v) is 1.33. The second-order valence-corrected chi connectivity index (χ2v) is 3.50. The Morgan fingerprint density at radius 2 is 2.37 bits per heavy atom. The molecule has 0 saturated carbocycles. The van der Waals surface area contributed by atoms with Crippen LogP contribution in [0, 0.1) is 11.3 Å². The lowest BCUT2D eigenvalue weighted by Crippen LogP contribution is -2.07. The molecule has 0 saturated heterocycles. The number of hydrogen-bond donors (Lipinski definition) is 1. The molecule has 2 rings (SSSR count). The number of alkyl halides is 2. The van der Waals surface area contributed by atoms with E-state index in [-0.39, 0.29) is 24.6 Å². The quantitative estimate of drug-likeness (QED) is 0.789. The van der Waals surface area contributed by atoms with E-state index in [9.17, 15) is 8.78 Å². The summed E-state index contributed by atoms with van der Waals surface area (Å²) in [4.78, 5) is 4.02. The van der Waals surface area contributed by atoms with Gasteiger partial charge in [-0.3, -0.25) is 5.10 Å². The first-order valence-electron chi connectivity index (χ1n) is 5.33. The molecule has 100 valence electrons. The van der Waals surface area contributed by atoms with E-state index in [1.54, 1.807) is 0 Å². The number of nitriles is 1. The molecule has 1 N–H and O–H groups in total. The number of hydrogen-bond acceptors (Lipinski definition) is 6. The Morgan fingerprint density at radius 3 is 3.11 bits per heavy atom. The third-order valence-electron chi connectivity index (χ3n) is 2.16. The molecule has 2 aromatic heterocycles. The molecule has 0 aliphatic rings. The van der Waals surface area contributed by atoms with Gasteiger partial charge in [0.25, 0.3) is 12.3 Å². The van der Waals surface area contributed by atoms with Crippen LogP contribution in [0.4, 0.5) is 8.78 Å². The zero-order valence-corrected chi connectivity index (χ0v) is 9.64. The van der Waals surface area contributed by atoms with Gasteiger partial charge in [0, 0.05) is 6.42 Å². The van der Waals surface area contributed by atoms with Crippen molar-refractivity contribution < 1.29 is 18.0 Å². The van der Waals surface area contributed by atoms with Gasteiger partial charge in [0.1, 0.15) is 18.4 Å². The van der Waals surface area contributed by atoms with E-state index in [0.29, 0.717) is 11.4 Å². The Kier molecular flexibility index (Phi) is 4.15. The van der Waals surface area contributed by atoms with E-state index in [4.69, 9.17) is 14.5 Å². The van der Waals surface area contributed by atoms with Crippen LogP contribution in [0.25, 0.3) is 11.5 Å². The predicted octanol–water partition coefficient (Wildman–Crippen LogP) is 1.16. The smallest absolute Gasteiger partial charge is 0.262 e. The number of ether oxygens (including phenoxy) is 1. The van der Waals surface area contributed by atoms with Crippen molar-refractivity contribution in [3.8, 4) is 17.5 Å². The van der Waals surface area contributed by atoms with Gasteiger partial charge < -0.3 is 9.26 Å². The lowest BCUT2D eigenvalue weighted by molar-refractivity contribution is 0.0182. The summed E-state index contributed by atoms with van der Waals surface area (Å²) in [5.74, 6) is 0.462. The summed E-state index contributed by atoms with van der Waals surface area (Å²) >= 11 is 0. The first kappa shape index (κ1) is 13.1. The van der Waals surface area contributed by atoms with E-state index in [0.717, 1.165) is 0 Å². The van der Waals surface area contributed by atoms with Crippen molar-refractivity contribution in [1.29, 1.82) is 5.26 Å². The first-order chi connectivity index (χ1) is 9.20. The Morgan fingerprint density at radius 1 is 1.53 bits per heavy atom. The van der Waals surface area contributed by atoms with Crippen LogP contribution in [0.3, 0.4) is 0 Å². The van der Waals surface area contributed by atoms with Crippen molar-refractivity contribution >= 4 is 0 Å². The van der Waals surface area contributed by atoms with Crippen LogP contribution in [0.5, 0.6) is 0 Å². The molecule has 0 bridgehead atoms. The number of nitrogens with one attached hydrogen (secondary N) is 1. The summed E-state index contributed by atoms with van der Waals surface area (Å²) < 4.78 is 33.3. The molecule has 19 heavy (non-hydrogen) atoms. The molecule has 2 heterocycles. The standard InChI is InChI=1S/C10H9F2N5O2/c11-8(12)5-18-2-1-9-15-10(19-17-9)6-4-14-16-7(6)3-13/h4,8H,1-2,5H2,(H,14,16). The van der Waals surface area contributed by atoms with Crippen molar-refractivity contribution in [2.45, 2.75) is 12.8 Å². The van der Waals surface area contributed by atoms with Crippen molar-refractivity contribution in [2.75, 3.05) is 13.2 Å². The molecule has 0 atom stereocenters. The van der Waals surface area contributed by atoms with Gasteiger partial charge in [0.2, 0.25) is 0 Å². The second kappa shape index (κ2) is 6.01. The van der Waals surface area contributed by atoms with E-state index in [1.165, 1.54) is 6.20 Å². The number of halogens is 2. The monoisotopic (exact) mass is 269 g/mol. The van der Waals surface area contributed by atoms with Gasteiger partial charge in [-0.2, -0.15) is 15.3 Å². The van der Waals surface area contributed by atoms with Crippen LogP contribution < -0.4 is 0 Å². The van der Waals surface area contributed by atoms with E-state index in [1.807, 2.05) is 6.07 Å². The lowest BCUT2D eigenvalue weighted by atomic mass is 10.2. The highest BCUT2D eigenvalue weighted by atomic mass is 19.3. The summed E-state index contributed by atoms with van der Waals surface area (Å²) in [6.45, 7) is -0.551. The average Bonchev–Trinajstić information content (AvgIpc) is 3.02. The molecule has 0 fully saturated rings. The number of aromatic nitrogens is 4. The minimum atomic E-state index is -2.50. The minimum absolute atomic E-state index is 0.0693. The molecule has 0 unspecified atom stereocenters. The maximum Gasteiger partial charge on any atom is 0.262 e. The molecule has 0 radical (unpaired) electrons. The molecule has 0 aliphatic heterocycles. The summed E-state index contributed by atoms with van der Waals surface area (Å²) in [6, 6.07) is 1.89. The topological polar surface area (TPSA) is 101 Å². The molecule has 7 nitrogen and oxygen atoms in total. The highest BCUT2D eigenvalue weighted by Gasteiger charge is 2.14. The van der Waals surface area contributed by atoms with Gasteiger partial charge in [-0.05, 0) is 0 Å². The van der Waals surface area contributed by atoms with Crippen LogP contribution >= 0.6 is 0 Å². The minimum Gasteiger partial charge on any atom is -0.375 e. The van der Waals surface area contributed by atoms with Gasteiger partial charge in [-0.15, -0.1) is 0 Å². The van der Waals surface area contributed by atoms with Crippen molar-refractivity contribution in [1.82, 2.24) is 20.3 Å². The Balaban J connectivity index is 1.94. The number of H-pyrrole nitrogens is 1. The number of rotatable bonds is 6. The highest BCUT2D eigenvalue weighted by molar-refractivity contribution is 5.58. The molecule has 0 amide bonds. The normalized spacial score (nSPS) is 10.8. The fourth-order valence-electron chi connectivity index (χ4n) is 1.33. The third-order valence-corrected chi connectivity index (χ3v) is 2.16. The number of nitrogens with zero attached hydrogens (tertiary/aromatic N) is 4. The van der Waals surface area contributed by atoms with E-state index < -0.39 is 13.0 Å². The van der Waals surface area contributed by atoms with Gasteiger partial charge in [0.15, 0.2) is 5.82 Å². The van der Waals surface area contributed by atoms with Crippen LogP contribution in [0.15, 0.2) is 10.7 Å². The zero-order valence-electron chi connectivity index (χ0n) is 9.64. The molecular formula is C10H9F2N5O2. The second-order valence-electron chi connectivity index (χ2n) is 3.50. The number of aromatic amines is 1. The van der Waals surface area contributed by atoms with Crippen LogP contribution in [-0.2, 0) is 11.2 Å². The van der Waals surface area contributed by atoms with Crippen LogP contribution in [-0.4, -0.2) is 40.0 Å². The third kappa shape index (κ3) is 3.32. The Labute approximate surface area is 106 Å². The van der Waals surface area contributed by atoms with Gasteiger partial charge in [-0.25, -0.2) is 8.78 Å². The van der Waals surface area contributed by atoms with Gasteiger partial charge >= 0.3 is 0 Å². The zero-order chi connectivity index (χ0) is 13.7. The summed E-state index contributed by atoms with van der Waals surface area (Å²) in [5.41, 5.74) is 0.610. The highest BCUT2D eigenvalue weighted by Crippen LogP contribution is 2.19. The molecule has 0 aliphatic carbocycles. The molecule has 9 heteroatoms. The van der Waals surface area contributed by atoms with E-state index in [2.05, 4.69) is 20.3 Å². The first-order valence-corrected chi connectivity index (χ1v) is 5.33. The maximum atomic E-state index is 11.8.